The van der Waals surface area contributed by atoms with Gasteiger partial charge in [-0.25, -0.2) is 9.78 Å². The third kappa shape index (κ3) is 3.84. The SMILES string of the molecule is CC(C)CC(C)Oc1cncc(C(=O)O)n1. The molecule has 1 rings (SSSR count). The van der Waals surface area contributed by atoms with E-state index in [1.54, 1.807) is 0 Å². The predicted molar refractivity (Wildman–Crippen MR) is 58.5 cm³/mol. The van der Waals surface area contributed by atoms with Gasteiger partial charge in [0.1, 0.15) is 0 Å². The molecule has 0 aliphatic rings. The fourth-order valence-electron chi connectivity index (χ4n) is 1.43. The molecule has 1 aromatic rings. The largest absolute Gasteiger partial charge is 0.476 e. The highest BCUT2D eigenvalue weighted by Crippen LogP contribution is 2.12. The van der Waals surface area contributed by atoms with Crippen molar-refractivity contribution >= 4 is 5.97 Å². The quantitative estimate of drug-likeness (QED) is 0.828. The van der Waals surface area contributed by atoms with E-state index in [-0.39, 0.29) is 17.7 Å². The summed E-state index contributed by atoms with van der Waals surface area (Å²) >= 11 is 0. The average Bonchev–Trinajstić information content (AvgIpc) is 2.16. The lowest BCUT2D eigenvalue weighted by molar-refractivity contribution is 0.0687. The summed E-state index contributed by atoms with van der Waals surface area (Å²) in [6.07, 6.45) is 3.50. The number of carboxylic acid groups (broad SMARTS) is 1. The van der Waals surface area contributed by atoms with E-state index in [0.29, 0.717) is 5.92 Å². The Morgan fingerprint density at radius 3 is 2.69 bits per heavy atom. The minimum Gasteiger partial charge on any atom is -0.476 e. The lowest BCUT2D eigenvalue weighted by Gasteiger charge is -2.15. The number of aromatic carboxylic acids is 1. The van der Waals surface area contributed by atoms with Gasteiger partial charge in [-0.1, -0.05) is 13.8 Å². The number of rotatable bonds is 5. The standard InChI is InChI=1S/C11H16N2O3/c1-7(2)4-8(3)16-10-6-12-5-9(13-10)11(14)15/h5-8H,4H2,1-3H3,(H,14,15). The molecule has 88 valence electrons. The van der Waals surface area contributed by atoms with E-state index >= 15 is 0 Å². The van der Waals surface area contributed by atoms with E-state index in [0.717, 1.165) is 6.42 Å². The number of aromatic nitrogens is 2. The second kappa shape index (κ2) is 5.44. The fourth-order valence-corrected chi connectivity index (χ4v) is 1.43. The summed E-state index contributed by atoms with van der Waals surface area (Å²) in [6.45, 7) is 6.12. The highest BCUT2D eigenvalue weighted by Gasteiger charge is 2.10. The van der Waals surface area contributed by atoms with E-state index < -0.39 is 5.97 Å². The van der Waals surface area contributed by atoms with Gasteiger partial charge in [0, 0.05) is 0 Å². The third-order valence-corrected chi connectivity index (χ3v) is 1.96. The van der Waals surface area contributed by atoms with Gasteiger partial charge in [-0.05, 0) is 19.3 Å². The average molecular weight is 224 g/mol. The predicted octanol–water partition coefficient (Wildman–Crippen LogP) is 1.99. The number of hydrogen-bond acceptors (Lipinski definition) is 4. The zero-order valence-electron chi connectivity index (χ0n) is 9.67. The number of ether oxygens (including phenoxy) is 1. The molecule has 0 aliphatic carbocycles. The summed E-state index contributed by atoms with van der Waals surface area (Å²) in [6, 6.07) is 0. The molecule has 5 nitrogen and oxygen atoms in total. The zero-order valence-corrected chi connectivity index (χ0v) is 9.67. The normalized spacial score (nSPS) is 12.5. The van der Waals surface area contributed by atoms with Crippen LogP contribution >= 0.6 is 0 Å². The van der Waals surface area contributed by atoms with E-state index in [1.165, 1.54) is 12.4 Å². The molecule has 0 fully saturated rings. The topological polar surface area (TPSA) is 72.3 Å². The molecule has 0 amide bonds. The summed E-state index contributed by atoms with van der Waals surface area (Å²) in [5.74, 6) is -0.326. The number of carbonyl (C=O) groups is 1. The maximum atomic E-state index is 10.7. The van der Waals surface area contributed by atoms with Crippen molar-refractivity contribution in [1.29, 1.82) is 0 Å². The molecule has 0 radical (unpaired) electrons. The molecule has 16 heavy (non-hydrogen) atoms. The molecule has 1 heterocycles. The molecule has 0 saturated heterocycles. The van der Waals surface area contributed by atoms with Gasteiger partial charge >= 0.3 is 5.97 Å². The van der Waals surface area contributed by atoms with Crippen LogP contribution in [-0.2, 0) is 0 Å². The first kappa shape index (κ1) is 12.4. The Hall–Kier alpha value is -1.65. The van der Waals surface area contributed by atoms with Gasteiger partial charge in [0.15, 0.2) is 5.69 Å². The Morgan fingerprint density at radius 1 is 1.44 bits per heavy atom. The summed E-state index contributed by atoms with van der Waals surface area (Å²) in [5.41, 5.74) is -0.103. The smallest absolute Gasteiger partial charge is 0.356 e. The molecule has 0 bridgehead atoms. The van der Waals surface area contributed by atoms with E-state index in [9.17, 15) is 4.79 Å². The van der Waals surface area contributed by atoms with Gasteiger partial charge in [-0.3, -0.25) is 4.98 Å². The van der Waals surface area contributed by atoms with Crippen LogP contribution in [0.1, 0.15) is 37.7 Å². The van der Waals surface area contributed by atoms with Crippen LogP contribution in [0.4, 0.5) is 0 Å². The highest BCUT2D eigenvalue weighted by molar-refractivity contribution is 5.84. The van der Waals surface area contributed by atoms with Crippen molar-refractivity contribution in [3.63, 3.8) is 0 Å². The Morgan fingerprint density at radius 2 is 2.12 bits per heavy atom. The second-order valence-electron chi connectivity index (χ2n) is 4.11. The van der Waals surface area contributed by atoms with Gasteiger partial charge < -0.3 is 9.84 Å². The number of hydrogen-bond donors (Lipinski definition) is 1. The lowest BCUT2D eigenvalue weighted by Crippen LogP contribution is -2.16. The van der Waals surface area contributed by atoms with Crippen LogP contribution in [0, 0.1) is 5.92 Å². The maximum Gasteiger partial charge on any atom is 0.356 e. The van der Waals surface area contributed by atoms with Crippen LogP contribution < -0.4 is 4.74 Å². The van der Waals surface area contributed by atoms with E-state index in [1.807, 2.05) is 6.92 Å². The number of nitrogens with zero attached hydrogens (tertiary/aromatic N) is 2. The van der Waals surface area contributed by atoms with Crippen LogP contribution in [-0.4, -0.2) is 27.1 Å². The van der Waals surface area contributed by atoms with Crippen molar-refractivity contribution < 1.29 is 14.6 Å². The van der Waals surface area contributed by atoms with Gasteiger partial charge in [0.25, 0.3) is 0 Å². The Bertz CT molecular complexity index is 366. The lowest BCUT2D eigenvalue weighted by atomic mass is 10.1. The first-order valence-electron chi connectivity index (χ1n) is 5.21. The molecule has 1 atom stereocenters. The Kier molecular flexibility index (Phi) is 4.22. The maximum absolute atomic E-state index is 10.7. The van der Waals surface area contributed by atoms with Gasteiger partial charge in [-0.15, -0.1) is 0 Å². The van der Waals surface area contributed by atoms with Crippen LogP contribution in [0.3, 0.4) is 0 Å². The first-order chi connectivity index (χ1) is 7.49. The van der Waals surface area contributed by atoms with Crippen molar-refractivity contribution in [1.82, 2.24) is 9.97 Å². The highest BCUT2D eigenvalue weighted by atomic mass is 16.5. The minimum absolute atomic E-state index is 0.00153. The molecule has 0 aliphatic heterocycles. The van der Waals surface area contributed by atoms with Crippen LogP contribution in [0.25, 0.3) is 0 Å². The molecule has 5 heteroatoms. The monoisotopic (exact) mass is 224 g/mol. The van der Waals surface area contributed by atoms with Crippen molar-refractivity contribution in [3.8, 4) is 5.88 Å². The van der Waals surface area contributed by atoms with Gasteiger partial charge in [-0.2, -0.15) is 0 Å². The minimum atomic E-state index is -1.10. The van der Waals surface area contributed by atoms with Crippen molar-refractivity contribution in [2.45, 2.75) is 33.3 Å². The second-order valence-corrected chi connectivity index (χ2v) is 4.11. The molecule has 0 spiro atoms. The molecule has 0 saturated carbocycles. The molecular weight excluding hydrogens is 208 g/mol. The summed E-state index contributed by atoms with van der Waals surface area (Å²) in [7, 11) is 0. The first-order valence-corrected chi connectivity index (χ1v) is 5.21. The molecule has 1 N–H and O–H groups in total. The number of carboxylic acids is 1. The summed E-state index contributed by atoms with van der Waals surface area (Å²) < 4.78 is 5.48. The van der Waals surface area contributed by atoms with E-state index in [2.05, 4.69) is 23.8 Å². The molecule has 0 aromatic carbocycles. The van der Waals surface area contributed by atoms with Crippen molar-refractivity contribution in [2.75, 3.05) is 0 Å². The fraction of sp³-hybridized carbons (Fsp3) is 0.545. The molecule has 1 aromatic heterocycles. The zero-order chi connectivity index (χ0) is 12.1. The third-order valence-electron chi connectivity index (χ3n) is 1.96. The summed E-state index contributed by atoms with van der Waals surface area (Å²) in [4.78, 5) is 18.3. The van der Waals surface area contributed by atoms with Crippen molar-refractivity contribution in [2.24, 2.45) is 5.92 Å². The van der Waals surface area contributed by atoms with Crippen molar-refractivity contribution in [3.05, 3.63) is 18.1 Å². The molecule has 1 unspecified atom stereocenters. The van der Waals surface area contributed by atoms with Crippen LogP contribution in [0.2, 0.25) is 0 Å². The van der Waals surface area contributed by atoms with Gasteiger partial charge in [0.2, 0.25) is 5.88 Å². The van der Waals surface area contributed by atoms with Crippen LogP contribution in [0.15, 0.2) is 12.4 Å². The summed E-state index contributed by atoms with van der Waals surface area (Å²) in [5, 5.41) is 8.73. The Labute approximate surface area is 94.5 Å². The van der Waals surface area contributed by atoms with Crippen LogP contribution in [0.5, 0.6) is 5.88 Å². The Balaban J connectivity index is 2.66. The van der Waals surface area contributed by atoms with Gasteiger partial charge in [0.05, 0.1) is 18.5 Å². The van der Waals surface area contributed by atoms with E-state index in [4.69, 9.17) is 9.84 Å². The molecular formula is C11H16N2O3.